The molecule has 0 saturated heterocycles. The molecule has 0 aliphatic carbocycles. The normalized spacial score (nSPS) is 9.73. The minimum absolute atomic E-state index is 0.0990. The van der Waals surface area contributed by atoms with E-state index in [1.165, 1.54) is 12.1 Å². The van der Waals surface area contributed by atoms with Crippen molar-refractivity contribution in [1.82, 2.24) is 0 Å². The molecule has 0 aliphatic heterocycles. The van der Waals surface area contributed by atoms with Gasteiger partial charge in [-0.15, -0.1) is 0 Å². The molecule has 0 aliphatic rings. The van der Waals surface area contributed by atoms with Crippen LogP contribution in [0, 0.1) is 17.0 Å². The highest BCUT2D eigenvalue weighted by atomic mass is 16.6. The van der Waals surface area contributed by atoms with Crippen LogP contribution in [0.15, 0.2) is 18.2 Å². The van der Waals surface area contributed by atoms with Gasteiger partial charge in [0, 0.05) is 12.1 Å². The first-order valence-corrected chi connectivity index (χ1v) is 4.47. The molecule has 0 spiro atoms. The van der Waals surface area contributed by atoms with E-state index in [1.807, 2.05) is 0 Å². The minimum Gasteiger partial charge on any atom is -0.462 e. The zero-order valence-corrected chi connectivity index (χ0v) is 8.52. The molecule has 5 heteroatoms. The summed E-state index contributed by atoms with van der Waals surface area (Å²) < 4.78 is 4.76. The lowest BCUT2D eigenvalue weighted by Gasteiger charge is -2.02. The van der Waals surface area contributed by atoms with Gasteiger partial charge in [0.25, 0.3) is 5.69 Å². The summed E-state index contributed by atoms with van der Waals surface area (Å²) in [6, 6.07) is 4.18. The fraction of sp³-hybridized carbons (Fsp3) is 0.300. The summed E-state index contributed by atoms with van der Waals surface area (Å²) in [6.07, 6.45) is 0. The maximum atomic E-state index is 11.3. The third-order valence-electron chi connectivity index (χ3n) is 1.78. The van der Waals surface area contributed by atoms with Crippen LogP contribution in [0.3, 0.4) is 0 Å². The summed E-state index contributed by atoms with van der Waals surface area (Å²) in [5.74, 6) is -0.538. The smallest absolute Gasteiger partial charge is 0.338 e. The van der Waals surface area contributed by atoms with E-state index in [1.54, 1.807) is 19.9 Å². The second kappa shape index (κ2) is 4.54. The first-order valence-electron chi connectivity index (χ1n) is 4.47. The van der Waals surface area contributed by atoms with E-state index in [0.29, 0.717) is 5.56 Å². The van der Waals surface area contributed by atoms with E-state index in [4.69, 9.17) is 4.74 Å². The summed E-state index contributed by atoms with van der Waals surface area (Å²) in [5.41, 5.74) is 0.772. The number of rotatable bonds is 3. The van der Waals surface area contributed by atoms with Crippen molar-refractivity contribution in [2.45, 2.75) is 13.8 Å². The van der Waals surface area contributed by atoms with Crippen LogP contribution in [0.5, 0.6) is 0 Å². The number of carbonyl (C=O) groups excluding carboxylic acids is 1. The Morgan fingerprint density at radius 2 is 2.13 bits per heavy atom. The van der Waals surface area contributed by atoms with Crippen molar-refractivity contribution in [2.24, 2.45) is 0 Å². The van der Waals surface area contributed by atoms with Gasteiger partial charge in [-0.05, 0) is 25.5 Å². The molecule has 80 valence electrons. The minimum atomic E-state index is -0.538. The molecular formula is C10H11NO4. The SMILES string of the molecule is CCOC(=O)c1cc(C)cc([N+](=O)[O-])c1. The quantitative estimate of drug-likeness (QED) is 0.434. The Labute approximate surface area is 86.8 Å². The molecule has 0 radical (unpaired) electrons. The van der Waals surface area contributed by atoms with Gasteiger partial charge in [0.15, 0.2) is 0 Å². The highest BCUT2D eigenvalue weighted by Gasteiger charge is 2.13. The molecule has 5 nitrogen and oxygen atoms in total. The lowest BCUT2D eigenvalue weighted by molar-refractivity contribution is -0.384. The monoisotopic (exact) mass is 209 g/mol. The molecule has 0 N–H and O–H groups in total. The van der Waals surface area contributed by atoms with Gasteiger partial charge in [0.1, 0.15) is 0 Å². The van der Waals surface area contributed by atoms with Gasteiger partial charge in [-0.25, -0.2) is 4.79 Å². The second-order valence-electron chi connectivity index (χ2n) is 3.03. The number of nitrogens with zero attached hydrogens (tertiary/aromatic N) is 1. The fourth-order valence-electron chi connectivity index (χ4n) is 1.20. The molecule has 0 unspecified atom stereocenters. The number of aryl methyl sites for hydroxylation is 1. The molecule has 15 heavy (non-hydrogen) atoms. The van der Waals surface area contributed by atoms with Crippen LogP contribution >= 0.6 is 0 Å². The van der Waals surface area contributed by atoms with Crippen LogP contribution in [-0.4, -0.2) is 17.5 Å². The van der Waals surface area contributed by atoms with Crippen LogP contribution < -0.4 is 0 Å². The topological polar surface area (TPSA) is 69.4 Å². The Hall–Kier alpha value is -1.91. The summed E-state index contributed by atoms with van der Waals surface area (Å²) in [5, 5.41) is 10.5. The predicted octanol–water partition coefficient (Wildman–Crippen LogP) is 2.08. The number of hydrogen-bond acceptors (Lipinski definition) is 4. The van der Waals surface area contributed by atoms with Crippen molar-refractivity contribution in [3.05, 3.63) is 39.4 Å². The third-order valence-corrected chi connectivity index (χ3v) is 1.78. The van der Waals surface area contributed by atoms with Crippen LogP contribution in [0.25, 0.3) is 0 Å². The number of carbonyl (C=O) groups is 1. The molecule has 1 rings (SSSR count). The van der Waals surface area contributed by atoms with Crippen molar-refractivity contribution < 1.29 is 14.5 Å². The summed E-state index contributed by atoms with van der Waals surface area (Å²) in [4.78, 5) is 21.3. The lowest BCUT2D eigenvalue weighted by Crippen LogP contribution is -2.05. The molecular weight excluding hydrogens is 198 g/mol. The number of nitro groups is 1. The molecule has 0 fully saturated rings. The molecule has 0 heterocycles. The maximum absolute atomic E-state index is 11.3. The zero-order valence-electron chi connectivity index (χ0n) is 8.52. The Kier molecular flexibility index (Phi) is 3.38. The van der Waals surface area contributed by atoms with Gasteiger partial charge >= 0.3 is 5.97 Å². The van der Waals surface area contributed by atoms with Crippen molar-refractivity contribution in [3.63, 3.8) is 0 Å². The van der Waals surface area contributed by atoms with Crippen molar-refractivity contribution in [2.75, 3.05) is 6.61 Å². The van der Waals surface area contributed by atoms with E-state index in [2.05, 4.69) is 0 Å². The van der Waals surface area contributed by atoms with E-state index in [-0.39, 0.29) is 17.9 Å². The van der Waals surface area contributed by atoms with Crippen molar-refractivity contribution in [3.8, 4) is 0 Å². The van der Waals surface area contributed by atoms with Gasteiger partial charge in [0.2, 0.25) is 0 Å². The van der Waals surface area contributed by atoms with Crippen LogP contribution in [-0.2, 0) is 4.74 Å². The van der Waals surface area contributed by atoms with Gasteiger partial charge in [-0.3, -0.25) is 10.1 Å². The molecule has 0 bridgehead atoms. The Morgan fingerprint density at radius 1 is 1.47 bits per heavy atom. The zero-order chi connectivity index (χ0) is 11.4. The van der Waals surface area contributed by atoms with Gasteiger partial charge in [-0.1, -0.05) is 0 Å². The average molecular weight is 209 g/mol. The molecule has 0 aromatic heterocycles. The van der Waals surface area contributed by atoms with Gasteiger partial charge < -0.3 is 4.74 Å². The highest BCUT2D eigenvalue weighted by molar-refractivity contribution is 5.90. The fourth-order valence-corrected chi connectivity index (χ4v) is 1.20. The standard InChI is InChI=1S/C10H11NO4/c1-3-15-10(12)8-4-7(2)5-9(6-8)11(13)14/h4-6H,3H2,1-2H3. The van der Waals surface area contributed by atoms with E-state index < -0.39 is 10.9 Å². The van der Waals surface area contributed by atoms with Gasteiger partial charge in [0.05, 0.1) is 17.1 Å². The van der Waals surface area contributed by atoms with Crippen LogP contribution in [0.1, 0.15) is 22.8 Å². The van der Waals surface area contributed by atoms with E-state index in [9.17, 15) is 14.9 Å². The number of hydrogen-bond donors (Lipinski definition) is 0. The predicted molar refractivity (Wildman–Crippen MR) is 53.8 cm³/mol. The van der Waals surface area contributed by atoms with Crippen molar-refractivity contribution >= 4 is 11.7 Å². The highest BCUT2D eigenvalue weighted by Crippen LogP contribution is 2.17. The number of non-ortho nitro benzene ring substituents is 1. The summed E-state index contributed by atoms with van der Waals surface area (Å²) in [7, 11) is 0. The molecule has 0 amide bonds. The van der Waals surface area contributed by atoms with Crippen LogP contribution in [0.2, 0.25) is 0 Å². The molecule has 1 aromatic carbocycles. The van der Waals surface area contributed by atoms with Crippen LogP contribution in [0.4, 0.5) is 5.69 Å². The maximum Gasteiger partial charge on any atom is 0.338 e. The van der Waals surface area contributed by atoms with E-state index in [0.717, 1.165) is 0 Å². The average Bonchev–Trinajstić information content (AvgIpc) is 2.17. The number of nitro benzene ring substituents is 1. The first-order chi connectivity index (χ1) is 7.04. The summed E-state index contributed by atoms with van der Waals surface area (Å²) in [6.45, 7) is 3.62. The molecule has 1 aromatic rings. The number of ether oxygens (including phenoxy) is 1. The van der Waals surface area contributed by atoms with Crippen molar-refractivity contribution in [1.29, 1.82) is 0 Å². The largest absolute Gasteiger partial charge is 0.462 e. The molecule has 0 saturated carbocycles. The van der Waals surface area contributed by atoms with Gasteiger partial charge in [-0.2, -0.15) is 0 Å². The third kappa shape index (κ3) is 2.77. The summed E-state index contributed by atoms with van der Waals surface area (Å²) >= 11 is 0. The number of esters is 1. The second-order valence-corrected chi connectivity index (χ2v) is 3.03. The Morgan fingerprint density at radius 3 is 2.67 bits per heavy atom. The lowest BCUT2D eigenvalue weighted by atomic mass is 10.1. The Balaban J connectivity index is 3.09. The molecule has 0 atom stereocenters. The number of benzene rings is 1. The van der Waals surface area contributed by atoms with E-state index >= 15 is 0 Å². The Bertz CT molecular complexity index is 400. The first kappa shape index (κ1) is 11.2.